The molecule has 0 aromatic heterocycles. The third-order valence-corrected chi connectivity index (χ3v) is 6.19. The zero-order valence-corrected chi connectivity index (χ0v) is 21.1. The van der Waals surface area contributed by atoms with E-state index in [0.29, 0.717) is 0 Å². The molecule has 2 aromatic carbocycles. The molecule has 0 aliphatic rings. The summed E-state index contributed by atoms with van der Waals surface area (Å²) in [4.78, 5) is 0. The Morgan fingerprint density at radius 2 is 0.867 bits per heavy atom. The third kappa shape index (κ3) is 7.29. The summed E-state index contributed by atoms with van der Waals surface area (Å²) in [6.07, 6.45) is 10.1. The summed E-state index contributed by atoms with van der Waals surface area (Å²) in [7, 11) is 0. The first kappa shape index (κ1) is 24.7. The molecule has 0 aliphatic heterocycles. The maximum atomic E-state index is 2.46. The van der Waals surface area contributed by atoms with E-state index < -0.39 is 0 Å². The topological polar surface area (TPSA) is 0 Å². The van der Waals surface area contributed by atoms with Gasteiger partial charge in [0.25, 0.3) is 0 Å². The van der Waals surface area contributed by atoms with Crippen molar-refractivity contribution in [3.63, 3.8) is 0 Å². The van der Waals surface area contributed by atoms with E-state index in [4.69, 9.17) is 0 Å². The van der Waals surface area contributed by atoms with E-state index in [2.05, 4.69) is 91.8 Å². The molecule has 0 radical (unpaired) electrons. The summed E-state index contributed by atoms with van der Waals surface area (Å²) in [5.74, 6) is 0. The Balaban J connectivity index is 2.53. The van der Waals surface area contributed by atoms with Crippen LogP contribution in [0.15, 0.2) is 36.4 Å². The largest absolute Gasteiger partial charge is 0.0654 e. The monoisotopic (exact) mass is 406 g/mol. The minimum absolute atomic E-state index is 0.168. The first-order valence-corrected chi connectivity index (χ1v) is 12.3. The zero-order chi connectivity index (χ0) is 22.4. The molecule has 30 heavy (non-hydrogen) atoms. The van der Waals surface area contributed by atoms with Crippen molar-refractivity contribution < 1.29 is 0 Å². The lowest BCUT2D eigenvalue weighted by Gasteiger charge is -2.24. The van der Waals surface area contributed by atoms with Crippen LogP contribution >= 0.6 is 0 Å². The van der Waals surface area contributed by atoms with E-state index in [1.165, 1.54) is 84.7 Å². The number of hydrogen-bond acceptors (Lipinski definition) is 0. The van der Waals surface area contributed by atoms with Gasteiger partial charge in [0.05, 0.1) is 0 Å². The number of aryl methyl sites for hydroxylation is 2. The van der Waals surface area contributed by atoms with E-state index in [9.17, 15) is 0 Å². The molecule has 0 fully saturated rings. The van der Waals surface area contributed by atoms with Gasteiger partial charge in [-0.05, 0) is 69.9 Å². The van der Waals surface area contributed by atoms with Crippen LogP contribution in [0.5, 0.6) is 0 Å². The predicted octanol–water partition coefficient (Wildman–Crippen LogP) is 9.41. The van der Waals surface area contributed by atoms with Gasteiger partial charge in [0.1, 0.15) is 0 Å². The fraction of sp³-hybridized carbons (Fsp3) is 0.600. The van der Waals surface area contributed by atoms with E-state index in [1.807, 2.05) is 0 Å². The molecule has 0 amide bonds. The normalized spacial score (nSPS) is 12.4. The van der Waals surface area contributed by atoms with Crippen molar-refractivity contribution in [3.8, 4) is 11.1 Å². The maximum Gasteiger partial charge on any atom is -0.0132 e. The van der Waals surface area contributed by atoms with Crippen LogP contribution in [-0.2, 0) is 23.7 Å². The molecular formula is C30H46. The first-order chi connectivity index (χ1) is 14.0. The summed E-state index contributed by atoms with van der Waals surface area (Å²) < 4.78 is 0. The van der Waals surface area contributed by atoms with Gasteiger partial charge in [0.2, 0.25) is 0 Å². The van der Waals surface area contributed by atoms with Gasteiger partial charge in [-0.1, -0.05) is 117 Å². The first-order valence-electron chi connectivity index (χ1n) is 12.3. The minimum Gasteiger partial charge on any atom is -0.0654 e. The van der Waals surface area contributed by atoms with Crippen molar-refractivity contribution >= 4 is 0 Å². The van der Waals surface area contributed by atoms with Crippen molar-refractivity contribution in [1.29, 1.82) is 0 Å². The van der Waals surface area contributed by atoms with Gasteiger partial charge >= 0.3 is 0 Å². The molecule has 0 saturated heterocycles. The van der Waals surface area contributed by atoms with Crippen molar-refractivity contribution in [1.82, 2.24) is 0 Å². The van der Waals surface area contributed by atoms with Gasteiger partial charge in [0, 0.05) is 0 Å². The van der Waals surface area contributed by atoms with Crippen molar-refractivity contribution in [2.24, 2.45) is 0 Å². The second-order valence-corrected chi connectivity index (χ2v) is 11.3. The van der Waals surface area contributed by atoms with Gasteiger partial charge in [-0.3, -0.25) is 0 Å². The third-order valence-electron chi connectivity index (χ3n) is 6.19. The van der Waals surface area contributed by atoms with Crippen LogP contribution in [-0.4, -0.2) is 0 Å². The highest BCUT2D eigenvalue weighted by Gasteiger charge is 2.19. The molecule has 0 N–H and O–H groups in total. The Labute approximate surface area is 187 Å². The number of hydrogen-bond donors (Lipinski definition) is 0. The molecule has 2 aromatic rings. The summed E-state index contributed by atoms with van der Waals surface area (Å²) in [6, 6.07) is 14.7. The molecule has 0 heterocycles. The molecular weight excluding hydrogens is 360 g/mol. The molecule has 0 unspecified atom stereocenters. The van der Waals surface area contributed by atoms with Gasteiger partial charge in [-0.2, -0.15) is 0 Å². The Hall–Kier alpha value is -1.56. The van der Waals surface area contributed by atoms with E-state index in [0.717, 1.165) is 0 Å². The fourth-order valence-corrected chi connectivity index (χ4v) is 4.03. The molecule has 166 valence electrons. The Bertz CT molecular complexity index is 726. The second kappa shape index (κ2) is 10.7. The molecule has 0 bridgehead atoms. The van der Waals surface area contributed by atoms with Crippen LogP contribution in [0.3, 0.4) is 0 Å². The summed E-state index contributed by atoms with van der Waals surface area (Å²) in [6.45, 7) is 18.6. The van der Waals surface area contributed by atoms with Crippen LogP contribution in [0.4, 0.5) is 0 Å². The van der Waals surface area contributed by atoms with Gasteiger partial charge < -0.3 is 0 Å². The molecule has 0 spiro atoms. The van der Waals surface area contributed by atoms with Crippen LogP contribution < -0.4 is 0 Å². The molecule has 0 heteroatoms. The lowest BCUT2D eigenvalue weighted by Crippen LogP contribution is -2.13. The van der Waals surface area contributed by atoms with Crippen LogP contribution in [0.1, 0.15) is 116 Å². The van der Waals surface area contributed by atoms with Crippen LogP contribution in [0.25, 0.3) is 11.1 Å². The van der Waals surface area contributed by atoms with Crippen molar-refractivity contribution in [3.05, 3.63) is 58.7 Å². The lowest BCUT2D eigenvalue weighted by molar-refractivity contribution is 0.587. The fourth-order valence-electron chi connectivity index (χ4n) is 4.03. The maximum absolute atomic E-state index is 2.46. The number of unbranched alkanes of at least 4 members (excludes halogenated alkanes) is 4. The quantitative estimate of drug-likeness (QED) is 0.364. The van der Waals surface area contributed by atoms with E-state index in [-0.39, 0.29) is 10.8 Å². The Morgan fingerprint density at radius 3 is 1.17 bits per heavy atom. The van der Waals surface area contributed by atoms with Gasteiger partial charge in [-0.15, -0.1) is 0 Å². The average molecular weight is 407 g/mol. The van der Waals surface area contributed by atoms with E-state index >= 15 is 0 Å². The molecule has 0 saturated carbocycles. The predicted molar refractivity (Wildman–Crippen MR) is 136 cm³/mol. The van der Waals surface area contributed by atoms with Crippen LogP contribution in [0.2, 0.25) is 0 Å². The SMILES string of the molecule is CCCCCc1cc(-c2cc(CCCCC)cc(C(C)(C)C)c2)cc(C(C)(C)C)c1. The van der Waals surface area contributed by atoms with Crippen molar-refractivity contribution in [2.45, 2.75) is 118 Å². The molecule has 0 aliphatic carbocycles. The minimum atomic E-state index is 0.168. The number of rotatable bonds is 9. The summed E-state index contributed by atoms with van der Waals surface area (Å²) >= 11 is 0. The van der Waals surface area contributed by atoms with Crippen molar-refractivity contribution in [2.75, 3.05) is 0 Å². The highest BCUT2D eigenvalue weighted by molar-refractivity contribution is 5.68. The average Bonchev–Trinajstić information content (AvgIpc) is 2.66. The van der Waals surface area contributed by atoms with Crippen LogP contribution in [0, 0.1) is 0 Å². The Morgan fingerprint density at radius 1 is 0.500 bits per heavy atom. The number of benzene rings is 2. The lowest BCUT2D eigenvalue weighted by atomic mass is 9.81. The summed E-state index contributed by atoms with van der Waals surface area (Å²) in [5.41, 5.74) is 9.05. The zero-order valence-electron chi connectivity index (χ0n) is 21.1. The van der Waals surface area contributed by atoms with E-state index in [1.54, 1.807) is 0 Å². The second-order valence-electron chi connectivity index (χ2n) is 11.3. The summed E-state index contributed by atoms with van der Waals surface area (Å²) in [5, 5.41) is 0. The Kier molecular flexibility index (Phi) is 8.77. The highest BCUT2D eigenvalue weighted by atomic mass is 14.2. The highest BCUT2D eigenvalue weighted by Crippen LogP contribution is 2.34. The van der Waals surface area contributed by atoms with Gasteiger partial charge in [0.15, 0.2) is 0 Å². The van der Waals surface area contributed by atoms with Gasteiger partial charge in [-0.25, -0.2) is 0 Å². The smallest absolute Gasteiger partial charge is 0.0132 e. The molecule has 0 nitrogen and oxygen atoms in total. The molecule has 2 rings (SSSR count). The standard InChI is InChI=1S/C30H46/c1-9-11-13-15-23-17-25(21-27(19-23)29(3,4)5)26-18-24(16-14-12-10-2)20-28(22-26)30(6,7)8/h17-22H,9-16H2,1-8H3. The molecule has 0 atom stereocenters.